The lowest BCUT2D eigenvalue weighted by Gasteiger charge is -2.26. The van der Waals surface area contributed by atoms with E-state index in [1.807, 2.05) is 54.8 Å². The maximum absolute atomic E-state index is 13.3. The molecule has 0 N–H and O–H groups in total. The van der Waals surface area contributed by atoms with Gasteiger partial charge >= 0.3 is 0 Å². The average Bonchev–Trinajstić information content (AvgIpc) is 3.27. The maximum Gasteiger partial charge on any atom is 0.243 e. The van der Waals surface area contributed by atoms with Crippen LogP contribution in [-0.4, -0.2) is 36.6 Å². The first kappa shape index (κ1) is 22.9. The lowest BCUT2D eigenvalue weighted by molar-refractivity contribution is -0.132. The zero-order chi connectivity index (χ0) is 22.3. The topological polar surface area (TPSA) is 57.7 Å². The van der Waals surface area contributed by atoms with Gasteiger partial charge in [0.25, 0.3) is 0 Å². The summed E-state index contributed by atoms with van der Waals surface area (Å²) < 4.78 is 27.5. The van der Waals surface area contributed by atoms with E-state index >= 15 is 0 Å². The van der Waals surface area contributed by atoms with E-state index in [4.69, 9.17) is 0 Å². The zero-order valence-corrected chi connectivity index (χ0v) is 19.1. The molecule has 0 aliphatic carbocycles. The molecule has 0 saturated carbocycles. The van der Waals surface area contributed by atoms with Gasteiger partial charge in [-0.1, -0.05) is 60.2 Å². The molecule has 0 saturated heterocycles. The summed E-state index contributed by atoms with van der Waals surface area (Å²) in [5.41, 5.74) is 1.96. The molecule has 0 atom stereocenters. The van der Waals surface area contributed by atoms with E-state index in [2.05, 4.69) is 6.58 Å². The van der Waals surface area contributed by atoms with Gasteiger partial charge < -0.3 is 4.90 Å². The molecule has 0 fully saturated rings. The maximum atomic E-state index is 13.3. The van der Waals surface area contributed by atoms with Gasteiger partial charge in [0.05, 0.1) is 18.0 Å². The van der Waals surface area contributed by atoms with Gasteiger partial charge in [0, 0.05) is 18.0 Å². The number of carbonyl (C=O) groups excluding carboxylic acids is 1. The predicted molar refractivity (Wildman–Crippen MR) is 125 cm³/mol. The van der Waals surface area contributed by atoms with Gasteiger partial charge in [-0.15, -0.1) is 17.9 Å². The highest BCUT2D eigenvalue weighted by molar-refractivity contribution is 7.89. The standard InChI is InChI=1S/C24H26N2O3S2/c1-3-15-26(31(28,29)23-13-11-20(2)12-14-23)19-24(27)25(18-22-10-7-16-30-22)17-21-8-5-4-6-9-21/h3-14,16H,1,15,17-19H2,2H3. The number of rotatable bonds is 10. The minimum Gasteiger partial charge on any atom is -0.332 e. The lowest BCUT2D eigenvalue weighted by atomic mass is 10.2. The molecule has 0 aliphatic heterocycles. The van der Waals surface area contributed by atoms with Crippen LogP contribution in [0.25, 0.3) is 0 Å². The molecule has 0 unspecified atom stereocenters. The second kappa shape index (κ2) is 10.5. The van der Waals surface area contributed by atoms with E-state index in [1.54, 1.807) is 40.5 Å². The first-order valence-electron chi connectivity index (χ1n) is 9.92. The van der Waals surface area contributed by atoms with Crippen molar-refractivity contribution in [1.29, 1.82) is 0 Å². The number of amides is 1. The normalized spacial score (nSPS) is 11.4. The van der Waals surface area contributed by atoms with E-state index in [1.165, 1.54) is 10.4 Å². The first-order valence-corrected chi connectivity index (χ1v) is 12.2. The Morgan fingerprint density at radius 2 is 1.71 bits per heavy atom. The number of hydrogen-bond acceptors (Lipinski definition) is 4. The van der Waals surface area contributed by atoms with Gasteiger partial charge in [0.2, 0.25) is 15.9 Å². The van der Waals surface area contributed by atoms with Crippen LogP contribution in [0.3, 0.4) is 0 Å². The highest BCUT2D eigenvalue weighted by Gasteiger charge is 2.28. The molecule has 1 heterocycles. The summed E-state index contributed by atoms with van der Waals surface area (Å²) in [4.78, 5) is 16.2. The summed E-state index contributed by atoms with van der Waals surface area (Å²) in [6.07, 6.45) is 1.50. The van der Waals surface area contributed by atoms with E-state index in [9.17, 15) is 13.2 Å². The fourth-order valence-electron chi connectivity index (χ4n) is 3.13. The summed E-state index contributed by atoms with van der Waals surface area (Å²) in [7, 11) is -3.83. The summed E-state index contributed by atoms with van der Waals surface area (Å²) >= 11 is 1.57. The molecule has 3 aromatic rings. The molecule has 1 amide bonds. The Kier molecular flexibility index (Phi) is 7.79. The molecule has 3 rings (SSSR count). The summed E-state index contributed by atoms with van der Waals surface area (Å²) in [5, 5.41) is 1.96. The molecule has 5 nitrogen and oxygen atoms in total. The summed E-state index contributed by atoms with van der Waals surface area (Å²) in [6, 6.07) is 20.2. The van der Waals surface area contributed by atoms with Gasteiger partial charge in [-0.25, -0.2) is 8.42 Å². The molecule has 31 heavy (non-hydrogen) atoms. The predicted octanol–water partition coefficient (Wildman–Crippen LogP) is 4.46. The van der Waals surface area contributed by atoms with Crippen molar-refractivity contribution in [3.63, 3.8) is 0 Å². The van der Waals surface area contributed by atoms with Crippen molar-refractivity contribution in [2.45, 2.75) is 24.9 Å². The van der Waals surface area contributed by atoms with Gasteiger partial charge in [-0.3, -0.25) is 4.79 Å². The van der Waals surface area contributed by atoms with E-state index in [-0.39, 0.29) is 23.9 Å². The Hall–Kier alpha value is -2.74. The van der Waals surface area contributed by atoms with Gasteiger partial charge in [-0.05, 0) is 36.1 Å². The lowest BCUT2D eigenvalue weighted by Crippen LogP contribution is -2.42. The SMILES string of the molecule is C=CCN(CC(=O)N(Cc1ccccc1)Cc1cccs1)S(=O)(=O)c1ccc(C)cc1. The Morgan fingerprint density at radius 3 is 2.32 bits per heavy atom. The van der Waals surface area contributed by atoms with Crippen molar-refractivity contribution >= 4 is 27.3 Å². The van der Waals surface area contributed by atoms with Crippen molar-refractivity contribution in [2.75, 3.05) is 13.1 Å². The largest absolute Gasteiger partial charge is 0.332 e. The Bertz CT molecular complexity index is 1090. The number of hydrogen-bond donors (Lipinski definition) is 0. The van der Waals surface area contributed by atoms with Gasteiger partial charge in [0.1, 0.15) is 0 Å². The number of carbonyl (C=O) groups is 1. The van der Waals surface area contributed by atoms with Crippen LogP contribution in [0.4, 0.5) is 0 Å². The van der Waals surface area contributed by atoms with Crippen molar-refractivity contribution in [1.82, 2.24) is 9.21 Å². The van der Waals surface area contributed by atoms with Crippen molar-refractivity contribution in [2.24, 2.45) is 0 Å². The number of sulfonamides is 1. The molecule has 2 aromatic carbocycles. The molecule has 0 aliphatic rings. The highest BCUT2D eigenvalue weighted by atomic mass is 32.2. The molecule has 162 valence electrons. The van der Waals surface area contributed by atoms with Crippen LogP contribution in [0.2, 0.25) is 0 Å². The fraction of sp³-hybridized carbons (Fsp3) is 0.208. The zero-order valence-electron chi connectivity index (χ0n) is 17.5. The van der Waals surface area contributed by atoms with Gasteiger partial charge in [0.15, 0.2) is 0 Å². The molecule has 0 radical (unpaired) electrons. The van der Waals surface area contributed by atoms with Gasteiger partial charge in [-0.2, -0.15) is 4.31 Å². The Morgan fingerprint density at radius 1 is 1.00 bits per heavy atom. The van der Waals surface area contributed by atoms with Crippen LogP contribution in [-0.2, 0) is 27.9 Å². The van der Waals surface area contributed by atoms with Crippen LogP contribution in [0.5, 0.6) is 0 Å². The van der Waals surface area contributed by atoms with Crippen LogP contribution >= 0.6 is 11.3 Å². The number of nitrogens with zero attached hydrogens (tertiary/aromatic N) is 2. The Labute approximate surface area is 188 Å². The van der Waals surface area contributed by atoms with Crippen molar-refractivity contribution in [3.8, 4) is 0 Å². The van der Waals surface area contributed by atoms with Crippen LogP contribution in [0.1, 0.15) is 16.0 Å². The Balaban J connectivity index is 1.84. The molecular weight excluding hydrogens is 428 g/mol. The number of benzene rings is 2. The molecule has 0 spiro atoms. The van der Waals surface area contributed by atoms with E-state index < -0.39 is 10.0 Å². The van der Waals surface area contributed by atoms with Crippen molar-refractivity contribution in [3.05, 3.63) is 101 Å². The molecular formula is C24H26N2O3S2. The second-order valence-electron chi connectivity index (χ2n) is 7.21. The number of thiophene rings is 1. The van der Waals surface area contributed by atoms with Crippen LogP contribution < -0.4 is 0 Å². The van der Waals surface area contributed by atoms with E-state index in [0.29, 0.717) is 13.1 Å². The molecule has 1 aromatic heterocycles. The van der Waals surface area contributed by atoms with Crippen LogP contribution in [0, 0.1) is 6.92 Å². The smallest absolute Gasteiger partial charge is 0.243 e. The summed E-state index contributed by atoms with van der Waals surface area (Å²) in [5.74, 6) is -0.255. The van der Waals surface area contributed by atoms with Crippen molar-refractivity contribution < 1.29 is 13.2 Å². The average molecular weight is 455 g/mol. The highest BCUT2D eigenvalue weighted by Crippen LogP contribution is 2.19. The molecule has 7 heteroatoms. The third-order valence-corrected chi connectivity index (χ3v) is 7.49. The van der Waals surface area contributed by atoms with Crippen LogP contribution in [0.15, 0.2) is 89.7 Å². The monoisotopic (exact) mass is 454 g/mol. The number of aryl methyl sites for hydroxylation is 1. The van der Waals surface area contributed by atoms with E-state index in [0.717, 1.165) is 16.0 Å². The minimum absolute atomic E-state index is 0.0557. The summed E-state index contributed by atoms with van der Waals surface area (Å²) in [6.45, 7) is 6.21. The third kappa shape index (κ3) is 6.13. The quantitative estimate of drug-likeness (QED) is 0.425. The second-order valence-corrected chi connectivity index (χ2v) is 10.2. The minimum atomic E-state index is -3.83. The first-order chi connectivity index (χ1) is 14.9. The fourth-order valence-corrected chi connectivity index (χ4v) is 5.21. The third-order valence-electron chi connectivity index (χ3n) is 4.80. The molecule has 0 bridgehead atoms.